The van der Waals surface area contributed by atoms with Crippen molar-refractivity contribution in [1.82, 2.24) is 18.7 Å². The topological polar surface area (TPSA) is 27.7 Å². The monoisotopic (exact) mass is 512 g/mol. The molecule has 188 valence electrons. The Morgan fingerprint density at radius 1 is 0.500 bits per heavy atom. The Hall–Kier alpha value is -5.35. The molecule has 0 saturated carbocycles. The molecule has 9 aromatic rings. The minimum atomic E-state index is 0.918. The van der Waals surface area contributed by atoms with Gasteiger partial charge in [-0.05, 0) is 59.3 Å². The maximum absolute atomic E-state index is 5.18. The Kier molecular flexibility index (Phi) is 4.23. The summed E-state index contributed by atoms with van der Waals surface area (Å²) in [5.74, 6) is 0.918. The van der Waals surface area contributed by atoms with Crippen molar-refractivity contribution in [2.75, 3.05) is 0 Å². The van der Waals surface area contributed by atoms with E-state index in [0.29, 0.717) is 0 Å². The minimum Gasteiger partial charge on any atom is -0.313 e. The Morgan fingerprint density at radius 2 is 1.20 bits per heavy atom. The fraction of sp³-hybridized carbons (Fsp3) is 0.0278. The highest BCUT2D eigenvalue weighted by atomic mass is 15.2. The summed E-state index contributed by atoms with van der Waals surface area (Å²) in [5.41, 5.74) is 8.00. The molecule has 0 amide bonds. The largest absolute Gasteiger partial charge is 0.313 e. The number of aromatic nitrogens is 4. The van der Waals surface area contributed by atoms with Crippen LogP contribution in [-0.4, -0.2) is 18.7 Å². The van der Waals surface area contributed by atoms with Crippen LogP contribution >= 0.6 is 0 Å². The van der Waals surface area contributed by atoms with E-state index < -0.39 is 0 Å². The first kappa shape index (κ1) is 21.6. The van der Waals surface area contributed by atoms with E-state index in [4.69, 9.17) is 4.98 Å². The van der Waals surface area contributed by atoms with Gasteiger partial charge in [0.15, 0.2) is 0 Å². The van der Waals surface area contributed by atoms with Gasteiger partial charge in [-0.15, -0.1) is 0 Å². The molecule has 0 unspecified atom stereocenters. The summed E-state index contributed by atoms with van der Waals surface area (Å²) >= 11 is 0. The van der Waals surface area contributed by atoms with Crippen LogP contribution in [0.3, 0.4) is 0 Å². The predicted molar refractivity (Wildman–Crippen MR) is 167 cm³/mol. The number of para-hydroxylation sites is 4. The number of hydrogen-bond donors (Lipinski definition) is 0. The third-order valence-corrected chi connectivity index (χ3v) is 8.41. The number of aryl methyl sites for hydroxylation is 1. The minimum absolute atomic E-state index is 0.918. The highest BCUT2D eigenvalue weighted by Crippen LogP contribution is 2.43. The number of imidazole rings is 1. The van der Waals surface area contributed by atoms with Gasteiger partial charge in [0, 0.05) is 34.3 Å². The van der Waals surface area contributed by atoms with Crippen molar-refractivity contribution < 1.29 is 0 Å². The van der Waals surface area contributed by atoms with E-state index in [1.165, 1.54) is 48.9 Å². The van der Waals surface area contributed by atoms with Crippen LogP contribution in [0.2, 0.25) is 0 Å². The smallest absolute Gasteiger partial charge is 0.215 e. The standard InChI is InChI=1S/C36H24N4/c1-38-31-18-10-8-16-29(31)37-36(38)40-30-17-9-7-15-26(30)27-19-20-32-34(35(27)40)28-21-23-11-5-6-12-24(23)22-33(28)39(32)25-13-3-2-4-14-25/h2-22H,1H3. The van der Waals surface area contributed by atoms with E-state index in [-0.39, 0.29) is 0 Å². The van der Waals surface area contributed by atoms with Crippen molar-refractivity contribution in [3.05, 3.63) is 127 Å². The predicted octanol–water partition coefficient (Wildman–Crippen LogP) is 8.92. The summed E-state index contributed by atoms with van der Waals surface area (Å²) in [5, 5.41) is 7.42. The van der Waals surface area contributed by atoms with Crippen LogP contribution in [0.4, 0.5) is 0 Å². The van der Waals surface area contributed by atoms with E-state index in [0.717, 1.165) is 28.2 Å². The zero-order chi connectivity index (χ0) is 26.4. The van der Waals surface area contributed by atoms with E-state index in [1.54, 1.807) is 0 Å². The van der Waals surface area contributed by atoms with E-state index >= 15 is 0 Å². The fourth-order valence-corrected chi connectivity index (χ4v) is 6.64. The van der Waals surface area contributed by atoms with Crippen LogP contribution in [-0.2, 0) is 7.05 Å². The van der Waals surface area contributed by atoms with Gasteiger partial charge in [-0.3, -0.25) is 4.57 Å². The molecule has 40 heavy (non-hydrogen) atoms. The zero-order valence-electron chi connectivity index (χ0n) is 21.9. The molecule has 0 fully saturated rings. The molecule has 0 atom stereocenters. The summed E-state index contributed by atoms with van der Waals surface area (Å²) in [7, 11) is 2.12. The van der Waals surface area contributed by atoms with E-state index in [9.17, 15) is 0 Å². The lowest BCUT2D eigenvalue weighted by Gasteiger charge is -2.10. The molecular weight excluding hydrogens is 488 g/mol. The van der Waals surface area contributed by atoms with Gasteiger partial charge >= 0.3 is 0 Å². The van der Waals surface area contributed by atoms with Gasteiger partial charge in [0.25, 0.3) is 0 Å². The lowest BCUT2D eigenvalue weighted by molar-refractivity contribution is 0.871. The maximum Gasteiger partial charge on any atom is 0.215 e. The Labute approximate surface area is 229 Å². The summed E-state index contributed by atoms with van der Waals surface area (Å²) in [6.45, 7) is 0. The first-order chi connectivity index (χ1) is 19.8. The lowest BCUT2D eigenvalue weighted by Crippen LogP contribution is -2.03. The van der Waals surface area contributed by atoms with Crippen LogP contribution in [0.15, 0.2) is 127 Å². The molecule has 6 aromatic carbocycles. The summed E-state index contributed by atoms with van der Waals surface area (Å²) in [6, 6.07) is 45.7. The van der Waals surface area contributed by atoms with Crippen LogP contribution in [0, 0.1) is 0 Å². The number of fused-ring (bicyclic) bond motifs is 9. The van der Waals surface area contributed by atoms with Gasteiger partial charge in [0.1, 0.15) is 0 Å². The lowest BCUT2D eigenvalue weighted by atomic mass is 10.0. The van der Waals surface area contributed by atoms with Crippen molar-refractivity contribution in [2.45, 2.75) is 0 Å². The Bertz CT molecular complexity index is 2440. The second-order valence-corrected chi connectivity index (χ2v) is 10.6. The first-order valence-corrected chi connectivity index (χ1v) is 13.6. The van der Waals surface area contributed by atoms with Crippen molar-refractivity contribution in [3.63, 3.8) is 0 Å². The SMILES string of the molecule is Cn1c(-n2c3ccccc3c3ccc4c(c5cc6ccccc6cc5n4-c4ccccc4)c32)nc2ccccc21. The Morgan fingerprint density at radius 3 is 2.02 bits per heavy atom. The summed E-state index contributed by atoms with van der Waals surface area (Å²) in [4.78, 5) is 5.18. The highest BCUT2D eigenvalue weighted by molar-refractivity contribution is 6.27. The molecule has 0 N–H and O–H groups in total. The third kappa shape index (κ3) is 2.77. The highest BCUT2D eigenvalue weighted by Gasteiger charge is 2.23. The molecule has 9 rings (SSSR count). The third-order valence-electron chi connectivity index (χ3n) is 8.41. The second kappa shape index (κ2) is 7.84. The number of nitrogens with zero attached hydrogens (tertiary/aromatic N) is 4. The van der Waals surface area contributed by atoms with Crippen LogP contribution in [0.25, 0.3) is 77.1 Å². The van der Waals surface area contributed by atoms with Crippen LogP contribution < -0.4 is 0 Å². The normalized spacial score (nSPS) is 12.1. The van der Waals surface area contributed by atoms with E-state index in [1.807, 2.05) is 0 Å². The molecule has 0 bridgehead atoms. The molecular formula is C36H24N4. The van der Waals surface area contributed by atoms with Gasteiger partial charge in [0.05, 0.1) is 33.1 Å². The van der Waals surface area contributed by atoms with Crippen molar-refractivity contribution >= 4 is 65.4 Å². The number of rotatable bonds is 2. The molecule has 0 spiro atoms. The molecule has 0 radical (unpaired) electrons. The molecule has 0 aliphatic rings. The van der Waals surface area contributed by atoms with Gasteiger partial charge in [0.2, 0.25) is 5.95 Å². The maximum atomic E-state index is 5.18. The Balaban J connectivity index is 1.56. The van der Waals surface area contributed by atoms with Crippen molar-refractivity contribution in [1.29, 1.82) is 0 Å². The molecule has 0 saturated heterocycles. The van der Waals surface area contributed by atoms with Crippen LogP contribution in [0.1, 0.15) is 0 Å². The average Bonchev–Trinajstić information content (AvgIpc) is 3.63. The molecule has 0 aliphatic heterocycles. The van der Waals surface area contributed by atoms with Gasteiger partial charge in [-0.2, -0.15) is 0 Å². The molecule has 3 aromatic heterocycles. The number of hydrogen-bond acceptors (Lipinski definition) is 1. The van der Waals surface area contributed by atoms with Crippen molar-refractivity contribution in [3.8, 4) is 11.6 Å². The second-order valence-electron chi connectivity index (χ2n) is 10.6. The van der Waals surface area contributed by atoms with Crippen LogP contribution in [0.5, 0.6) is 0 Å². The molecule has 0 aliphatic carbocycles. The average molecular weight is 513 g/mol. The van der Waals surface area contributed by atoms with E-state index in [2.05, 4.69) is 148 Å². The molecule has 3 heterocycles. The molecule has 4 nitrogen and oxygen atoms in total. The summed E-state index contributed by atoms with van der Waals surface area (Å²) < 4.78 is 7.00. The van der Waals surface area contributed by atoms with Gasteiger partial charge in [-0.25, -0.2) is 4.98 Å². The quantitative estimate of drug-likeness (QED) is 0.227. The molecule has 4 heteroatoms. The van der Waals surface area contributed by atoms with Gasteiger partial charge < -0.3 is 9.13 Å². The number of benzene rings is 6. The zero-order valence-corrected chi connectivity index (χ0v) is 21.9. The van der Waals surface area contributed by atoms with Gasteiger partial charge in [-0.1, -0.05) is 78.9 Å². The van der Waals surface area contributed by atoms with Crippen molar-refractivity contribution in [2.24, 2.45) is 7.05 Å². The summed E-state index contributed by atoms with van der Waals surface area (Å²) in [6.07, 6.45) is 0. The first-order valence-electron chi connectivity index (χ1n) is 13.6. The fourth-order valence-electron chi connectivity index (χ4n) is 6.64.